The van der Waals surface area contributed by atoms with Gasteiger partial charge in [0.25, 0.3) is 0 Å². The Hall–Kier alpha value is -2.47. The maximum atomic E-state index is 13.9. The molecule has 0 radical (unpaired) electrons. The lowest BCUT2D eigenvalue weighted by molar-refractivity contribution is -0.135. The fraction of sp³-hybridized carbons (Fsp3) is 0.176. The number of nitrogens with one attached hydrogen (secondary N) is 1. The van der Waals surface area contributed by atoms with Gasteiger partial charge in [-0.15, -0.1) is 0 Å². The highest BCUT2D eigenvalue weighted by atomic mass is 32.1. The van der Waals surface area contributed by atoms with Gasteiger partial charge in [-0.2, -0.15) is 0 Å². The molecule has 0 bridgehead atoms. The number of carbonyl (C=O) groups is 1. The number of hydrogen-bond donors (Lipinski definition) is 2. The van der Waals surface area contributed by atoms with E-state index in [2.05, 4.69) is 5.32 Å². The number of hydrogen-bond acceptors (Lipinski definition) is 2. The first-order chi connectivity index (χ1) is 11.1. The molecule has 6 heteroatoms. The molecule has 0 amide bonds. The van der Waals surface area contributed by atoms with Crippen LogP contribution < -0.4 is 5.32 Å². The van der Waals surface area contributed by atoms with E-state index in [0.29, 0.717) is 12.1 Å². The summed E-state index contributed by atoms with van der Waals surface area (Å²) in [7, 11) is 0. The predicted molar refractivity (Wildman–Crippen MR) is 90.3 cm³/mol. The molecule has 4 nitrogen and oxygen atoms in total. The minimum Gasteiger partial charge on any atom is -0.480 e. The van der Waals surface area contributed by atoms with Crippen molar-refractivity contribution in [3.8, 4) is 0 Å². The summed E-state index contributed by atoms with van der Waals surface area (Å²) in [6.45, 7) is 0.440. The summed E-state index contributed by atoms with van der Waals surface area (Å²) < 4.78 is 13.9. The zero-order valence-corrected chi connectivity index (χ0v) is 13.2. The Morgan fingerprint density at radius 2 is 1.74 bits per heavy atom. The largest absolute Gasteiger partial charge is 0.480 e. The van der Waals surface area contributed by atoms with Crippen molar-refractivity contribution in [3.05, 3.63) is 71.5 Å². The molecule has 0 heterocycles. The maximum absolute atomic E-state index is 13.9. The summed E-state index contributed by atoms with van der Waals surface area (Å²) in [6, 6.07) is 16.1. The first-order valence-corrected chi connectivity index (χ1v) is 7.49. The van der Waals surface area contributed by atoms with Crippen LogP contribution in [0.5, 0.6) is 0 Å². The minimum absolute atomic E-state index is 0.257. The fourth-order valence-corrected chi connectivity index (χ4v) is 2.30. The van der Waals surface area contributed by atoms with E-state index >= 15 is 0 Å². The van der Waals surface area contributed by atoms with Crippen LogP contribution in [0.25, 0.3) is 0 Å². The standard InChI is InChI=1S/C17H17FN2O2S/c18-15-9-5-4-8-14(15)12-20(17(23)19-10-16(21)22)11-13-6-2-1-3-7-13/h1-9H,10-12H2,(H,19,23)(H,21,22). The van der Waals surface area contributed by atoms with Crippen molar-refractivity contribution >= 4 is 23.3 Å². The van der Waals surface area contributed by atoms with Gasteiger partial charge in [-0.25, -0.2) is 4.39 Å². The highest BCUT2D eigenvalue weighted by Crippen LogP contribution is 2.13. The Morgan fingerprint density at radius 1 is 1.09 bits per heavy atom. The van der Waals surface area contributed by atoms with Gasteiger partial charge in [0.1, 0.15) is 12.4 Å². The van der Waals surface area contributed by atoms with E-state index in [0.717, 1.165) is 5.56 Å². The van der Waals surface area contributed by atoms with Crippen LogP contribution in [0.15, 0.2) is 54.6 Å². The van der Waals surface area contributed by atoms with Crippen molar-refractivity contribution in [1.29, 1.82) is 0 Å². The molecule has 0 saturated carbocycles. The molecule has 0 aromatic heterocycles. The van der Waals surface area contributed by atoms with Crippen LogP contribution >= 0.6 is 12.2 Å². The lowest BCUT2D eigenvalue weighted by Crippen LogP contribution is -2.41. The van der Waals surface area contributed by atoms with Crippen LogP contribution in [0.2, 0.25) is 0 Å². The molecule has 0 saturated heterocycles. The van der Waals surface area contributed by atoms with Crippen molar-refractivity contribution < 1.29 is 14.3 Å². The second kappa shape index (κ2) is 8.24. The third-order valence-electron chi connectivity index (χ3n) is 3.21. The molecule has 0 spiro atoms. The molecule has 0 fully saturated rings. The van der Waals surface area contributed by atoms with Gasteiger partial charge >= 0.3 is 5.97 Å². The molecule has 0 aliphatic heterocycles. The molecular formula is C17H17FN2O2S. The lowest BCUT2D eigenvalue weighted by Gasteiger charge is -2.26. The van der Waals surface area contributed by atoms with Crippen LogP contribution in [0.1, 0.15) is 11.1 Å². The molecule has 0 unspecified atom stereocenters. The summed E-state index contributed by atoms with van der Waals surface area (Å²) >= 11 is 5.26. The highest BCUT2D eigenvalue weighted by molar-refractivity contribution is 7.80. The van der Waals surface area contributed by atoms with E-state index < -0.39 is 5.97 Å². The third kappa shape index (κ3) is 5.34. The van der Waals surface area contributed by atoms with Crippen molar-refractivity contribution in [2.45, 2.75) is 13.1 Å². The Morgan fingerprint density at radius 3 is 2.39 bits per heavy atom. The van der Waals surface area contributed by atoms with Crippen LogP contribution in [0, 0.1) is 5.82 Å². The monoisotopic (exact) mass is 332 g/mol. The van der Waals surface area contributed by atoms with Gasteiger partial charge in [-0.05, 0) is 23.8 Å². The van der Waals surface area contributed by atoms with Crippen LogP contribution in [-0.2, 0) is 17.9 Å². The fourth-order valence-electron chi connectivity index (χ4n) is 2.10. The van der Waals surface area contributed by atoms with E-state index in [4.69, 9.17) is 17.3 Å². The number of aliphatic carboxylic acids is 1. The van der Waals surface area contributed by atoms with Gasteiger partial charge < -0.3 is 15.3 Å². The number of rotatable bonds is 6. The van der Waals surface area contributed by atoms with E-state index in [9.17, 15) is 9.18 Å². The molecule has 23 heavy (non-hydrogen) atoms. The van der Waals surface area contributed by atoms with Crippen LogP contribution in [0.3, 0.4) is 0 Å². The van der Waals surface area contributed by atoms with Crippen LogP contribution in [-0.4, -0.2) is 27.6 Å². The summed E-state index contributed by atoms with van der Waals surface area (Å²) in [5.74, 6) is -1.32. The molecule has 2 N–H and O–H groups in total. The van der Waals surface area contributed by atoms with Gasteiger partial charge in [0.05, 0.1) is 0 Å². The molecule has 2 rings (SSSR count). The number of carboxylic acids is 1. The van der Waals surface area contributed by atoms with E-state index in [1.165, 1.54) is 6.07 Å². The minimum atomic E-state index is -1.00. The van der Waals surface area contributed by atoms with E-state index in [1.807, 2.05) is 30.3 Å². The summed E-state index contributed by atoms with van der Waals surface area (Å²) in [5.41, 5.74) is 1.51. The Labute approximate surface area is 139 Å². The molecule has 120 valence electrons. The zero-order valence-electron chi connectivity index (χ0n) is 12.4. The molecule has 0 aliphatic rings. The first-order valence-electron chi connectivity index (χ1n) is 7.08. The first kappa shape index (κ1) is 16.9. The van der Waals surface area contributed by atoms with Gasteiger partial charge in [0.15, 0.2) is 5.11 Å². The SMILES string of the molecule is O=C(O)CNC(=S)N(Cc1ccccc1)Cc1ccccc1F. The van der Waals surface area contributed by atoms with Gasteiger partial charge in [0.2, 0.25) is 0 Å². The van der Waals surface area contributed by atoms with E-state index in [-0.39, 0.29) is 24.0 Å². The molecule has 0 atom stereocenters. The number of halogens is 1. The van der Waals surface area contributed by atoms with Gasteiger partial charge in [0, 0.05) is 18.7 Å². The Kier molecular flexibility index (Phi) is 6.05. The summed E-state index contributed by atoms with van der Waals surface area (Å²) in [5, 5.41) is 11.7. The zero-order chi connectivity index (χ0) is 16.7. The molecule has 2 aromatic carbocycles. The smallest absolute Gasteiger partial charge is 0.322 e. The average molecular weight is 332 g/mol. The average Bonchev–Trinajstić information content (AvgIpc) is 2.55. The normalized spacial score (nSPS) is 10.1. The maximum Gasteiger partial charge on any atom is 0.322 e. The lowest BCUT2D eigenvalue weighted by atomic mass is 10.1. The number of benzene rings is 2. The van der Waals surface area contributed by atoms with Crippen molar-refractivity contribution in [3.63, 3.8) is 0 Å². The number of carboxylic acid groups (broad SMARTS) is 1. The summed E-state index contributed by atoms with van der Waals surface area (Å²) in [6.07, 6.45) is 0. The Bertz CT molecular complexity index is 679. The topological polar surface area (TPSA) is 52.6 Å². The highest BCUT2D eigenvalue weighted by Gasteiger charge is 2.14. The number of thiocarbonyl (C=S) groups is 1. The van der Waals surface area contributed by atoms with Crippen LogP contribution in [0.4, 0.5) is 4.39 Å². The molecular weight excluding hydrogens is 315 g/mol. The van der Waals surface area contributed by atoms with Crippen molar-refractivity contribution in [1.82, 2.24) is 10.2 Å². The molecule has 0 aliphatic carbocycles. The van der Waals surface area contributed by atoms with Crippen molar-refractivity contribution in [2.75, 3.05) is 6.54 Å². The van der Waals surface area contributed by atoms with E-state index in [1.54, 1.807) is 23.1 Å². The quantitative estimate of drug-likeness (QED) is 0.797. The molecule has 2 aromatic rings. The predicted octanol–water partition coefficient (Wildman–Crippen LogP) is 2.79. The van der Waals surface area contributed by atoms with Gasteiger partial charge in [-0.3, -0.25) is 4.79 Å². The second-order valence-electron chi connectivity index (χ2n) is 4.99. The summed E-state index contributed by atoms with van der Waals surface area (Å²) in [4.78, 5) is 12.4. The third-order valence-corrected chi connectivity index (χ3v) is 3.62. The van der Waals surface area contributed by atoms with Crippen molar-refractivity contribution in [2.24, 2.45) is 0 Å². The Balaban J connectivity index is 2.15. The number of nitrogens with zero attached hydrogens (tertiary/aromatic N) is 1. The second-order valence-corrected chi connectivity index (χ2v) is 5.37. The van der Waals surface area contributed by atoms with Gasteiger partial charge in [-0.1, -0.05) is 48.5 Å².